The molecule has 0 fully saturated rings. The van der Waals surface area contributed by atoms with Gasteiger partial charge in [-0.15, -0.1) is 0 Å². The Kier molecular flexibility index (Phi) is 6.57. The molecule has 0 aliphatic carbocycles. The number of hydrogen-bond donors (Lipinski definition) is 0. The van der Waals surface area contributed by atoms with Crippen molar-refractivity contribution in [3.05, 3.63) is 132 Å². The van der Waals surface area contributed by atoms with Crippen LogP contribution in [0.1, 0.15) is 38.8 Å². The van der Waals surface area contributed by atoms with Gasteiger partial charge >= 0.3 is 0 Å². The minimum atomic E-state index is -0.226. The number of fused-ring (bicyclic) bond motifs is 2. The molecule has 226 valence electrons. The lowest BCUT2D eigenvalue weighted by Gasteiger charge is -2.19. The molecule has 0 saturated heterocycles. The molecule has 6 aromatic carbocycles. The second kappa shape index (κ2) is 10.7. The first-order valence-electron chi connectivity index (χ1n) is 16.0. The highest BCUT2D eigenvalue weighted by Gasteiger charge is 2.29. The molecule has 4 heteroatoms. The minimum absolute atomic E-state index is 0.223. The van der Waals surface area contributed by atoms with Crippen LogP contribution in [0, 0.1) is 0 Å². The Morgan fingerprint density at radius 3 is 1.39 bits per heavy atom. The zero-order valence-electron chi connectivity index (χ0n) is 26.7. The summed E-state index contributed by atoms with van der Waals surface area (Å²) in [6.07, 6.45) is 0. The van der Waals surface area contributed by atoms with Gasteiger partial charge in [0.25, 0.3) is 0 Å². The predicted molar refractivity (Wildman–Crippen MR) is 191 cm³/mol. The summed E-state index contributed by atoms with van der Waals surface area (Å²) in [5, 5.41) is 4.79. The van der Waals surface area contributed by atoms with Crippen LogP contribution in [0.25, 0.3) is 54.9 Å². The van der Waals surface area contributed by atoms with Gasteiger partial charge in [-0.05, 0) is 113 Å². The number of benzene rings is 6. The fraction of sp³-hybridized carbons (Fsp3) is 0.190. The third-order valence-electron chi connectivity index (χ3n) is 8.86. The summed E-state index contributed by atoms with van der Waals surface area (Å²) in [5.41, 5.74) is 8.60. The maximum absolute atomic E-state index is 6.07. The molecule has 2 aliphatic heterocycles. The average Bonchev–Trinajstić information content (AvgIpc) is 3.64. The van der Waals surface area contributed by atoms with Crippen molar-refractivity contribution < 1.29 is 9.47 Å². The second-order valence-corrected chi connectivity index (χ2v) is 13.6. The van der Waals surface area contributed by atoms with Gasteiger partial charge in [0.05, 0.1) is 11.1 Å². The van der Waals surface area contributed by atoms with Crippen molar-refractivity contribution in [1.82, 2.24) is 0 Å². The van der Waals surface area contributed by atoms with E-state index in [0.29, 0.717) is 25.0 Å². The Morgan fingerprint density at radius 2 is 0.870 bits per heavy atom. The maximum Gasteiger partial charge on any atom is 0.216 e. The Hall–Kier alpha value is -5.22. The first kappa shape index (κ1) is 28.3. The largest absolute Gasteiger partial charge is 0.475 e. The summed E-state index contributed by atoms with van der Waals surface area (Å²) < 4.78 is 12.1. The molecular formula is C42H36N2O2. The Morgan fingerprint density at radius 1 is 0.413 bits per heavy atom. The van der Waals surface area contributed by atoms with Crippen LogP contribution in [0.15, 0.2) is 131 Å². The molecule has 2 aliphatic rings. The van der Waals surface area contributed by atoms with E-state index in [2.05, 4.69) is 149 Å². The van der Waals surface area contributed by atoms with Crippen LogP contribution in [0.4, 0.5) is 0 Å². The molecule has 0 radical (unpaired) electrons. The van der Waals surface area contributed by atoms with Crippen molar-refractivity contribution in [2.75, 3.05) is 13.2 Å². The van der Waals surface area contributed by atoms with Crippen LogP contribution in [0.2, 0.25) is 0 Å². The lowest BCUT2D eigenvalue weighted by Crippen LogP contribution is -2.17. The first-order valence-corrected chi connectivity index (χ1v) is 16.0. The van der Waals surface area contributed by atoms with Gasteiger partial charge < -0.3 is 9.47 Å². The van der Waals surface area contributed by atoms with E-state index in [1.165, 1.54) is 43.8 Å². The number of nitrogens with zero attached hydrogens (tertiary/aromatic N) is 2. The monoisotopic (exact) mass is 600 g/mol. The van der Waals surface area contributed by atoms with Crippen molar-refractivity contribution in [2.24, 2.45) is 9.98 Å². The molecular weight excluding hydrogens is 564 g/mol. The zero-order chi connectivity index (χ0) is 31.5. The maximum atomic E-state index is 6.07. The van der Waals surface area contributed by atoms with Crippen molar-refractivity contribution in [3.8, 4) is 33.4 Å². The lowest BCUT2D eigenvalue weighted by molar-refractivity contribution is 0.279. The molecule has 6 aromatic rings. The van der Waals surface area contributed by atoms with E-state index in [1.54, 1.807) is 0 Å². The van der Waals surface area contributed by atoms with E-state index in [4.69, 9.17) is 19.5 Å². The predicted octanol–water partition coefficient (Wildman–Crippen LogP) is 10.1. The van der Waals surface area contributed by atoms with Crippen molar-refractivity contribution >= 4 is 33.3 Å². The topological polar surface area (TPSA) is 43.2 Å². The average molecular weight is 601 g/mol. The van der Waals surface area contributed by atoms with E-state index >= 15 is 0 Å². The summed E-state index contributed by atoms with van der Waals surface area (Å²) in [7, 11) is 0. The molecule has 0 bridgehead atoms. The molecule has 0 amide bonds. The van der Waals surface area contributed by atoms with E-state index < -0.39 is 0 Å². The highest BCUT2D eigenvalue weighted by molar-refractivity contribution is 6.22. The van der Waals surface area contributed by atoms with Gasteiger partial charge in [0.2, 0.25) is 11.8 Å². The van der Waals surface area contributed by atoms with Crippen LogP contribution in [0.3, 0.4) is 0 Å². The van der Waals surface area contributed by atoms with Gasteiger partial charge in [-0.1, -0.05) is 91.0 Å². The Labute approximate surface area is 270 Å². The first-order chi connectivity index (χ1) is 22.2. The van der Waals surface area contributed by atoms with Crippen LogP contribution in [0.5, 0.6) is 0 Å². The van der Waals surface area contributed by atoms with E-state index in [-0.39, 0.29) is 11.1 Å². The van der Waals surface area contributed by atoms with Crippen molar-refractivity contribution in [2.45, 2.75) is 38.8 Å². The standard InChI is InChI=1S/C42H36N2O2/c1-41(2)25-45-39(43-41)31-16-10-14-29(22-31)37-33-18-8-9-19-34(33)38(30-15-11-17-32(23-30)40-44-42(3,4)26-46-40)36-24-28(20-21-35(36)37)27-12-6-5-7-13-27/h5-24H,25-26H2,1-4H3. The van der Waals surface area contributed by atoms with Gasteiger partial charge in [-0.2, -0.15) is 0 Å². The summed E-state index contributed by atoms with van der Waals surface area (Å²) >= 11 is 0. The van der Waals surface area contributed by atoms with Crippen LogP contribution in [-0.2, 0) is 9.47 Å². The molecule has 0 N–H and O–H groups in total. The number of ether oxygens (including phenoxy) is 2. The third kappa shape index (κ3) is 5.04. The SMILES string of the molecule is CC1(C)COC(c2cccc(-c3c4ccccc4c(-c4cccc(C5=NC(C)(C)CO5)c4)c4cc(-c5ccccc5)ccc34)c2)=N1. The quantitative estimate of drug-likeness (QED) is 0.185. The molecule has 2 heterocycles. The Balaban J connectivity index is 1.41. The molecule has 8 rings (SSSR count). The molecule has 0 aromatic heterocycles. The van der Waals surface area contributed by atoms with Gasteiger partial charge in [-0.3, -0.25) is 0 Å². The fourth-order valence-electron chi connectivity index (χ4n) is 6.69. The molecule has 46 heavy (non-hydrogen) atoms. The highest BCUT2D eigenvalue weighted by atomic mass is 16.5. The van der Waals surface area contributed by atoms with Crippen LogP contribution < -0.4 is 0 Å². The molecule has 0 spiro atoms. The van der Waals surface area contributed by atoms with Gasteiger partial charge in [-0.25, -0.2) is 9.98 Å². The summed E-state index contributed by atoms with van der Waals surface area (Å²) in [5.74, 6) is 1.42. The van der Waals surface area contributed by atoms with Crippen molar-refractivity contribution in [1.29, 1.82) is 0 Å². The molecule has 4 nitrogen and oxygen atoms in total. The summed E-state index contributed by atoms with van der Waals surface area (Å²) in [4.78, 5) is 9.76. The normalized spacial score (nSPS) is 16.6. The summed E-state index contributed by atoms with van der Waals surface area (Å²) in [6, 6.07) is 43.5. The third-order valence-corrected chi connectivity index (χ3v) is 8.86. The van der Waals surface area contributed by atoms with Gasteiger partial charge in [0.15, 0.2) is 0 Å². The summed E-state index contributed by atoms with van der Waals surface area (Å²) in [6.45, 7) is 9.60. The van der Waals surface area contributed by atoms with Crippen molar-refractivity contribution in [3.63, 3.8) is 0 Å². The fourth-order valence-corrected chi connectivity index (χ4v) is 6.69. The Bertz CT molecular complexity index is 2210. The smallest absolute Gasteiger partial charge is 0.216 e. The number of aliphatic imine (C=N–C) groups is 2. The van der Waals surface area contributed by atoms with E-state index in [1.807, 2.05) is 0 Å². The molecule has 0 unspecified atom stereocenters. The molecule has 0 saturated carbocycles. The number of hydrogen-bond acceptors (Lipinski definition) is 4. The van der Waals surface area contributed by atoms with Crippen LogP contribution in [-0.4, -0.2) is 36.1 Å². The van der Waals surface area contributed by atoms with Crippen LogP contribution >= 0.6 is 0 Å². The number of rotatable bonds is 5. The van der Waals surface area contributed by atoms with E-state index in [9.17, 15) is 0 Å². The lowest BCUT2D eigenvalue weighted by atomic mass is 9.84. The zero-order valence-corrected chi connectivity index (χ0v) is 26.7. The highest BCUT2D eigenvalue weighted by Crippen LogP contribution is 2.45. The van der Waals surface area contributed by atoms with Gasteiger partial charge in [0.1, 0.15) is 13.2 Å². The second-order valence-electron chi connectivity index (χ2n) is 13.6. The minimum Gasteiger partial charge on any atom is -0.475 e. The van der Waals surface area contributed by atoms with E-state index in [0.717, 1.165) is 22.3 Å². The molecule has 0 atom stereocenters. The van der Waals surface area contributed by atoms with Gasteiger partial charge in [0, 0.05) is 11.1 Å².